The predicted molar refractivity (Wildman–Crippen MR) is 82.3 cm³/mol. The molecule has 21 heavy (non-hydrogen) atoms. The molecule has 1 aromatic carbocycles. The minimum absolute atomic E-state index is 0.337. The van der Waals surface area contributed by atoms with Crippen LogP contribution in [0.25, 0.3) is 0 Å². The van der Waals surface area contributed by atoms with Crippen molar-refractivity contribution in [1.29, 1.82) is 5.26 Å². The molecule has 1 heterocycles. The van der Waals surface area contributed by atoms with Gasteiger partial charge in [-0.15, -0.1) is 0 Å². The van der Waals surface area contributed by atoms with Crippen LogP contribution in [0.2, 0.25) is 0 Å². The lowest BCUT2D eigenvalue weighted by molar-refractivity contribution is -0.00238. The van der Waals surface area contributed by atoms with Gasteiger partial charge >= 0.3 is 0 Å². The van der Waals surface area contributed by atoms with E-state index in [0.29, 0.717) is 11.7 Å². The van der Waals surface area contributed by atoms with E-state index < -0.39 is 0 Å². The van der Waals surface area contributed by atoms with Gasteiger partial charge in [-0.25, -0.2) is 0 Å². The highest BCUT2D eigenvalue weighted by atomic mass is 16.5. The van der Waals surface area contributed by atoms with E-state index in [1.165, 1.54) is 0 Å². The minimum Gasteiger partial charge on any atom is -0.496 e. The number of nitrogens with zero attached hydrogens (tertiary/aromatic N) is 2. The summed E-state index contributed by atoms with van der Waals surface area (Å²) in [5.41, 5.74) is 1.76. The fraction of sp³-hybridized carbons (Fsp3) is 0.588. The van der Waals surface area contributed by atoms with Crippen molar-refractivity contribution < 1.29 is 9.47 Å². The Bertz CT molecular complexity index is 496. The molecule has 0 spiro atoms. The van der Waals surface area contributed by atoms with Crippen molar-refractivity contribution in [1.82, 2.24) is 4.90 Å². The molecule has 0 bridgehead atoms. The fourth-order valence-corrected chi connectivity index (χ4v) is 2.79. The molecule has 1 aromatic rings. The predicted octanol–water partition coefficient (Wildman–Crippen LogP) is 2.96. The van der Waals surface area contributed by atoms with E-state index in [9.17, 15) is 0 Å². The van der Waals surface area contributed by atoms with Gasteiger partial charge in [0.2, 0.25) is 0 Å². The number of likely N-dealkylation sites (tertiary alicyclic amines) is 1. The third-order valence-electron chi connectivity index (χ3n) is 3.82. The van der Waals surface area contributed by atoms with Crippen LogP contribution in [0, 0.1) is 11.3 Å². The van der Waals surface area contributed by atoms with Crippen LogP contribution < -0.4 is 4.74 Å². The molecule has 1 atom stereocenters. The Morgan fingerprint density at radius 2 is 2.29 bits per heavy atom. The van der Waals surface area contributed by atoms with Gasteiger partial charge in [0.25, 0.3) is 0 Å². The molecule has 0 amide bonds. The summed E-state index contributed by atoms with van der Waals surface area (Å²) in [6, 6.07) is 7.79. The van der Waals surface area contributed by atoms with Crippen molar-refractivity contribution in [3.8, 4) is 11.8 Å². The fourth-order valence-electron chi connectivity index (χ4n) is 2.79. The number of hydrogen-bond acceptors (Lipinski definition) is 4. The van der Waals surface area contributed by atoms with Gasteiger partial charge in [-0.1, -0.05) is 6.92 Å². The lowest BCUT2D eigenvalue weighted by atomic mass is 10.1. The zero-order valence-electron chi connectivity index (χ0n) is 13.0. The maximum absolute atomic E-state index is 9.05. The first-order valence-corrected chi connectivity index (χ1v) is 7.67. The molecule has 0 saturated carbocycles. The molecule has 0 radical (unpaired) electrons. The molecule has 4 heteroatoms. The minimum atomic E-state index is 0.337. The highest BCUT2D eigenvalue weighted by molar-refractivity contribution is 5.42. The summed E-state index contributed by atoms with van der Waals surface area (Å²) in [7, 11) is 1.67. The number of methoxy groups -OCH3 is 1. The topological polar surface area (TPSA) is 45.5 Å². The molecule has 1 fully saturated rings. The Balaban J connectivity index is 2.01. The molecule has 0 aliphatic carbocycles. The summed E-state index contributed by atoms with van der Waals surface area (Å²) in [5, 5.41) is 9.05. The lowest BCUT2D eigenvalue weighted by Gasteiger charge is -2.33. The highest BCUT2D eigenvalue weighted by Crippen LogP contribution is 2.23. The second-order valence-electron chi connectivity index (χ2n) is 5.51. The van der Waals surface area contributed by atoms with E-state index in [-0.39, 0.29) is 0 Å². The average Bonchev–Trinajstić information content (AvgIpc) is 2.53. The van der Waals surface area contributed by atoms with E-state index in [1.54, 1.807) is 13.2 Å². The van der Waals surface area contributed by atoms with Crippen molar-refractivity contribution in [2.24, 2.45) is 0 Å². The number of hydrogen-bond donors (Lipinski definition) is 0. The molecule has 1 saturated heterocycles. The van der Waals surface area contributed by atoms with Gasteiger partial charge in [-0.05, 0) is 44.0 Å². The van der Waals surface area contributed by atoms with Gasteiger partial charge < -0.3 is 9.47 Å². The summed E-state index contributed by atoms with van der Waals surface area (Å²) < 4.78 is 11.3. The first-order chi connectivity index (χ1) is 10.3. The van der Waals surface area contributed by atoms with E-state index in [0.717, 1.165) is 56.8 Å². The van der Waals surface area contributed by atoms with Crippen LogP contribution in [-0.2, 0) is 11.3 Å². The maximum atomic E-state index is 9.05. The van der Waals surface area contributed by atoms with E-state index in [1.807, 2.05) is 12.1 Å². The first-order valence-electron chi connectivity index (χ1n) is 7.67. The van der Waals surface area contributed by atoms with Crippen LogP contribution in [0.1, 0.15) is 37.3 Å². The van der Waals surface area contributed by atoms with Gasteiger partial charge in [-0.3, -0.25) is 4.90 Å². The Hall–Kier alpha value is -1.57. The van der Waals surface area contributed by atoms with Crippen molar-refractivity contribution in [2.45, 2.75) is 38.8 Å². The van der Waals surface area contributed by atoms with E-state index >= 15 is 0 Å². The largest absolute Gasteiger partial charge is 0.496 e. The van der Waals surface area contributed by atoms with Crippen molar-refractivity contribution in [3.63, 3.8) is 0 Å². The van der Waals surface area contributed by atoms with Crippen molar-refractivity contribution in [2.75, 3.05) is 26.8 Å². The third kappa shape index (κ3) is 4.45. The first kappa shape index (κ1) is 15.8. The molecule has 2 rings (SSSR count). The van der Waals surface area contributed by atoms with E-state index in [4.69, 9.17) is 14.7 Å². The molecular formula is C17H24N2O2. The van der Waals surface area contributed by atoms with Crippen molar-refractivity contribution in [3.05, 3.63) is 29.3 Å². The quantitative estimate of drug-likeness (QED) is 0.807. The van der Waals surface area contributed by atoms with E-state index in [2.05, 4.69) is 17.9 Å². The third-order valence-corrected chi connectivity index (χ3v) is 3.82. The Labute approximate surface area is 127 Å². The lowest BCUT2D eigenvalue weighted by Crippen LogP contribution is -2.39. The Kier molecular flexibility index (Phi) is 6.04. The van der Waals surface area contributed by atoms with Crippen LogP contribution >= 0.6 is 0 Å². The average molecular weight is 288 g/mol. The number of piperidine rings is 1. The Morgan fingerprint density at radius 3 is 3.00 bits per heavy atom. The molecule has 114 valence electrons. The zero-order valence-corrected chi connectivity index (χ0v) is 13.0. The SMILES string of the molecule is CCCOC1CCCN(Cc2cc(C#N)ccc2OC)C1. The summed E-state index contributed by atoms with van der Waals surface area (Å²) in [4.78, 5) is 2.39. The van der Waals surface area contributed by atoms with Gasteiger partial charge in [-0.2, -0.15) is 5.26 Å². The standard InChI is InChI=1S/C17H24N2O2/c1-3-9-21-16-5-4-8-19(13-16)12-15-10-14(11-18)6-7-17(15)20-2/h6-7,10,16H,3-5,8-9,12-13H2,1-2H3. The number of benzene rings is 1. The van der Waals surface area contributed by atoms with Gasteiger partial charge in [0, 0.05) is 25.3 Å². The van der Waals surface area contributed by atoms with Gasteiger partial charge in [0.1, 0.15) is 5.75 Å². The van der Waals surface area contributed by atoms with Crippen LogP contribution in [-0.4, -0.2) is 37.8 Å². The second kappa shape index (κ2) is 8.02. The normalized spacial score (nSPS) is 19.2. The molecule has 0 aromatic heterocycles. The summed E-state index contributed by atoms with van der Waals surface area (Å²) in [5.74, 6) is 0.852. The zero-order chi connectivity index (χ0) is 15.1. The van der Waals surface area contributed by atoms with Gasteiger partial charge in [0.15, 0.2) is 0 Å². The Morgan fingerprint density at radius 1 is 1.43 bits per heavy atom. The number of rotatable bonds is 6. The number of nitriles is 1. The maximum Gasteiger partial charge on any atom is 0.123 e. The molecular weight excluding hydrogens is 264 g/mol. The summed E-state index contributed by atoms with van der Waals surface area (Å²) in [6.45, 7) is 5.82. The van der Waals surface area contributed by atoms with Crippen LogP contribution in [0.4, 0.5) is 0 Å². The monoisotopic (exact) mass is 288 g/mol. The summed E-state index contributed by atoms with van der Waals surface area (Å²) >= 11 is 0. The highest BCUT2D eigenvalue weighted by Gasteiger charge is 2.21. The van der Waals surface area contributed by atoms with Crippen LogP contribution in [0.15, 0.2) is 18.2 Å². The van der Waals surface area contributed by atoms with Crippen LogP contribution in [0.3, 0.4) is 0 Å². The molecule has 4 nitrogen and oxygen atoms in total. The summed E-state index contributed by atoms with van der Waals surface area (Å²) in [6.07, 6.45) is 3.71. The second-order valence-corrected chi connectivity index (χ2v) is 5.51. The molecule has 0 N–H and O–H groups in total. The molecule has 1 aliphatic heterocycles. The smallest absolute Gasteiger partial charge is 0.123 e. The number of ether oxygens (including phenoxy) is 2. The molecule has 1 aliphatic rings. The van der Waals surface area contributed by atoms with Crippen molar-refractivity contribution >= 4 is 0 Å². The van der Waals surface area contributed by atoms with Crippen LogP contribution in [0.5, 0.6) is 5.75 Å². The van der Waals surface area contributed by atoms with Gasteiger partial charge in [0.05, 0.1) is 24.8 Å². The molecule has 1 unspecified atom stereocenters.